The van der Waals surface area contributed by atoms with Crippen LogP contribution in [0.2, 0.25) is 0 Å². The molecule has 2 atom stereocenters. The Hall–Kier alpha value is -0.590. The molecule has 0 saturated heterocycles. The van der Waals surface area contributed by atoms with Gasteiger partial charge in [-0.1, -0.05) is 32.6 Å². The van der Waals surface area contributed by atoms with Gasteiger partial charge in [-0.2, -0.15) is 5.26 Å². The maximum atomic E-state index is 9.62. The molecule has 2 rings (SSSR count). The van der Waals surface area contributed by atoms with Gasteiger partial charge in [0, 0.05) is 13.2 Å². The zero-order chi connectivity index (χ0) is 15.0. The van der Waals surface area contributed by atoms with E-state index >= 15 is 0 Å². The van der Waals surface area contributed by atoms with Gasteiger partial charge in [0.1, 0.15) is 5.54 Å². The van der Waals surface area contributed by atoms with Crippen LogP contribution in [0.15, 0.2) is 0 Å². The van der Waals surface area contributed by atoms with Gasteiger partial charge >= 0.3 is 0 Å². The lowest BCUT2D eigenvalue weighted by Gasteiger charge is -2.30. The highest BCUT2D eigenvalue weighted by molar-refractivity contribution is 5.14. The molecule has 0 amide bonds. The van der Waals surface area contributed by atoms with E-state index in [9.17, 15) is 5.26 Å². The van der Waals surface area contributed by atoms with Crippen molar-refractivity contribution in [1.29, 1.82) is 5.26 Å². The van der Waals surface area contributed by atoms with Gasteiger partial charge in [0.15, 0.2) is 0 Å². The van der Waals surface area contributed by atoms with Crippen LogP contribution >= 0.6 is 0 Å². The lowest BCUT2D eigenvalue weighted by Crippen LogP contribution is -2.47. The molecule has 2 fully saturated rings. The van der Waals surface area contributed by atoms with Gasteiger partial charge in [-0.25, -0.2) is 0 Å². The van der Waals surface area contributed by atoms with Crippen LogP contribution in [0.4, 0.5) is 0 Å². The normalized spacial score (nSPS) is 30.4. The number of hydrogen-bond donors (Lipinski definition) is 1. The Morgan fingerprint density at radius 2 is 2.00 bits per heavy atom. The molecule has 2 saturated carbocycles. The number of hydrogen-bond acceptors (Lipinski definition) is 3. The van der Waals surface area contributed by atoms with Crippen molar-refractivity contribution < 1.29 is 4.74 Å². The third-order valence-electron chi connectivity index (χ3n) is 5.40. The lowest BCUT2D eigenvalue weighted by atomic mass is 9.86. The topological polar surface area (TPSA) is 45.0 Å². The second-order valence-electron chi connectivity index (χ2n) is 6.97. The molecule has 0 bridgehead atoms. The minimum absolute atomic E-state index is 0.274. The molecule has 3 nitrogen and oxygen atoms in total. The first-order valence-electron chi connectivity index (χ1n) is 9.05. The largest absolute Gasteiger partial charge is 0.381 e. The van der Waals surface area contributed by atoms with E-state index < -0.39 is 0 Å². The molecule has 21 heavy (non-hydrogen) atoms. The van der Waals surface area contributed by atoms with Gasteiger partial charge in [-0.15, -0.1) is 0 Å². The summed E-state index contributed by atoms with van der Waals surface area (Å²) in [6.07, 6.45) is 12.4. The standard InChI is InChI=1S/C18H32N2O/c1-2-12-20-18(15-19)11-6-9-17(18)10-13-21-14-16-7-4-3-5-8-16/h16-17,20H,2-14H2,1H3. The summed E-state index contributed by atoms with van der Waals surface area (Å²) in [5, 5.41) is 13.1. The SMILES string of the molecule is CCCNC1(C#N)CCCC1CCOCC1CCCCC1. The van der Waals surface area contributed by atoms with Crippen molar-refractivity contribution in [3.8, 4) is 6.07 Å². The molecule has 0 aromatic rings. The Labute approximate surface area is 130 Å². The fourth-order valence-corrected chi connectivity index (χ4v) is 4.07. The van der Waals surface area contributed by atoms with E-state index in [4.69, 9.17) is 4.74 Å². The van der Waals surface area contributed by atoms with Crippen LogP contribution in [0.5, 0.6) is 0 Å². The Morgan fingerprint density at radius 1 is 1.19 bits per heavy atom. The van der Waals surface area contributed by atoms with Gasteiger partial charge in [-0.05, 0) is 56.9 Å². The second-order valence-corrected chi connectivity index (χ2v) is 6.97. The molecule has 2 aliphatic carbocycles. The van der Waals surface area contributed by atoms with E-state index in [1.165, 1.54) is 44.9 Å². The highest BCUT2D eigenvalue weighted by Gasteiger charge is 2.42. The monoisotopic (exact) mass is 292 g/mol. The molecule has 0 spiro atoms. The Kier molecular flexibility index (Phi) is 6.99. The summed E-state index contributed by atoms with van der Waals surface area (Å²) in [6.45, 7) is 4.88. The molecular formula is C18H32N2O. The predicted molar refractivity (Wildman–Crippen MR) is 86.0 cm³/mol. The second kappa shape index (κ2) is 8.76. The molecule has 2 aliphatic rings. The molecule has 2 unspecified atom stereocenters. The van der Waals surface area contributed by atoms with Crippen molar-refractivity contribution in [2.75, 3.05) is 19.8 Å². The zero-order valence-electron chi connectivity index (χ0n) is 13.7. The Morgan fingerprint density at radius 3 is 2.71 bits per heavy atom. The summed E-state index contributed by atoms with van der Waals surface area (Å²) in [7, 11) is 0. The lowest BCUT2D eigenvalue weighted by molar-refractivity contribution is 0.0710. The average molecular weight is 292 g/mol. The number of nitrogens with zero attached hydrogens (tertiary/aromatic N) is 1. The quantitative estimate of drug-likeness (QED) is 0.687. The van der Waals surface area contributed by atoms with Crippen LogP contribution in [-0.4, -0.2) is 25.3 Å². The molecule has 1 N–H and O–H groups in total. The summed E-state index contributed by atoms with van der Waals surface area (Å²) in [6, 6.07) is 2.59. The smallest absolute Gasteiger partial charge is 0.109 e. The van der Waals surface area contributed by atoms with Gasteiger partial charge in [0.05, 0.1) is 6.07 Å². The van der Waals surface area contributed by atoms with Gasteiger partial charge < -0.3 is 4.74 Å². The minimum atomic E-state index is -0.274. The summed E-state index contributed by atoms with van der Waals surface area (Å²) >= 11 is 0. The number of nitriles is 1. The van der Waals surface area contributed by atoms with Gasteiger partial charge in [-0.3, -0.25) is 5.32 Å². The first-order chi connectivity index (χ1) is 10.3. The maximum Gasteiger partial charge on any atom is 0.109 e. The van der Waals surface area contributed by atoms with Crippen LogP contribution in [-0.2, 0) is 4.74 Å². The third-order valence-corrected chi connectivity index (χ3v) is 5.40. The molecule has 3 heteroatoms. The average Bonchev–Trinajstić information content (AvgIpc) is 2.94. The molecule has 120 valence electrons. The van der Waals surface area contributed by atoms with Crippen molar-refractivity contribution in [3.63, 3.8) is 0 Å². The highest BCUT2D eigenvalue weighted by atomic mass is 16.5. The number of ether oxygens (including phenoxy) is 1. The minimum Gasteiger partial charge on any atom is -0.381 e. The van der Waals surface area contributed by atoms with Crippen LogP contribution in [0, 0.1) is 23.2 Å². The fraction of sp³-hybridized carbons (Fsp3) is 0.944. The molecule has 0 aliphatic heterocycles. The zero-order valence-corrected chi connectivity index (χ0v) is 13.7. The first kappa shape index (κ1) is 16.8. The first-order valence-corrected chi connectivity index (χ1v) is 9.05. The van der Waals surface area contributed by atoms with Crippen molar-refractivity contribution in [3.05, 3.63) is 0 Å². The Bertz CT molecular complexity index is 333. The van der Waals surface area contributed by atoms with Crippen molar-refractivity contribution >= 4 is 0 Å². The van der Waals surface area contributed by atoms with E-state index in [-0.39, 0.29) is 5.54 Å². The van der Waals surface area contributed by atoms with Crippen LogP contribution in [0.3, 0.4) is 0 Å². The highest BCUT2D eigenvalue weighted by Crippen LogP contribution is 2.37. The van der Waals surface area contributed by atoms with Crippen LogP contribution < -0.4 is 5.32 Å². The van der Waals surface area contributed by atoms with Crippen molar-refractivity contribution in [2.24, 2.45) is 11.8 Å². The third kappa shape index (κ3) is 4.69. The summed E-state index contributed by atoms with van der Waals surface area (Å²) in [5.41, 5.74) is -0.274. The molecule has 0 radical (unpaired) electrons. The number of rotatable bonds is 8. The molecule has 0 aromatic heterocycles. The van der Waals surface area contributed by atoms with E-state index in [1.807, 2.05) is 0 Å². The van der Waals surface area contributed by atoms with Crippen molar-refractivity contribution in [2.45, 2.75) is 76.7 Å². The Balaban J connectivity index is 1.69. The number of nitrogens with one attached hydrogen (secondary N) is 1. The van der Waals surface area contributed by atoms with Crippen LogP contribution in [0.25, 0.3) is 0 Å². The van der Waals surface area contributed by atoms with E-state index in [2.05, 4.69) is 18.3 Å². The summed E-state index contributed by atoms with van der Waals surface area (Å²) in [5.74, 6) is 1.27. The maximum absolute atomic E-state index is 9.62. The van der Waals surface area contributed by atoms with E-state index in [1.54, 1.807) is 0 Å². The molecule has 0 aromatic carbocycles. The summed E-state index contributed by atoms with van der Waals surface area (Å²) < 4.78 is 5.94. The fourth-order valence-electron chi connectivity index (χ4n) is 4.07. The molecular weight excluding hydrogens is 260 g/mol. The summed E-state index contributed by atoms with van der Waals surface area (Å²) in [4.78, 5) is 0. The van der Waals surface area contributed by atoms with Crippen molar-refractivity contribution in [1.82, 2.24) is 5.32 Å². The molecule has 0 heterocycles. The van der Waals surface area contributed by atoms with Gasteiger partial charge in [0.25, 0.3) is 0 Å². The van der Waals surface area contributed by atoms with Crippen LogP contribution in [0.1, 0.15) is 71.1 Å². The van der Waals surface area contributed by atoms with E-state index in [0.29, 0.717) is 5.92 Å². The van der Waals surface area contributed by atoms with E-state index in [0.717, 1.165) is 44.9 Å². The predicted octanol–water partition coefficient (Wildman–Crippen LogP) is 4.04. The van der Waals surface area contributed by atoms with Gasteiger partial charge in [0.2, 0.25) is 0 Å².